The molecular formula is C16H12F3N3O3S2. The zero-order valence-corrected chi connectivity index (χ0v) is 15.2. The van der Waals surface area contributed by atoms with Crippen molar-refractivity contribution in [1.82, 2.24) is 9.38 Å². The van der Waals surface area contributed by atoms with Crippen molar-refractivity contribution in [1.29, 1.82) is 0 Å². The molecule has 0 saturated carbocycles. The van der Waals surface area contributed by atoms with Crippen LogP contribution >= 0.6 is 23.1 Å². The van der Waals surface area contributed by atoms with Crippen LogP contribution in [0, 0.1) is 0 Å². The van der Waals surface area contributed by atoms with E-state index in [-0.39, 0.29) is 17.0 Å². The van der Waals surface area contributed by atoms with Gasteiger partial charge in [-0.25, -0.2) is 4.98 Å². The van der Waals surface area contributed by atoms with Crippen molar-refractivity contribution in [3.63, 3.8) is 0 Å². The molecule has 0 aliphatic carbocycles. The number of alkyl halides is 3. The summed E-state index contributed by atoms with van der Waals surface area (Å²) < 4.78 is 42.5. The number of thioether (sulfide) groups is 1. The van der Waals surface area contributed by atoms with Crippen molar-refractivity contribution in [3.8, 4) is 5.75 Å². The number of nitrogens with zero attached hydrogens (tertiary/aromatic N) is 2. The minimum Gasteiger partial charge on any atom is -0.404 e. The molecule has 0 unspecified atom stereocenters. The number of hydrogen-bond acceptors (Lipinski definition) is 6. The number of anilines is 1. The molecule has 0 radical (unpaired) electrons. The summed E-state index contributed by atoms with van der Waals surface area (Å²) in [4.78, 5) is 28.8. The zero-order valence-electron chi connectivity index (χ0n) is 13.5. The van der Waals surface area contributed by atoms with Crippen LogP contribution in [-0.2, 0) is 10.5 Å². The van der Waals surface area contributed by atoms with Crippen molar-refractivity contribution in [2.24, 2.45) is 0 Å². The van der Waals surface area contributed by atoms with Crippen LogP contribution in [0.25, 0.3) is 4.96 Å². The Morgan fingerprint density at radius 3 is 2.89 bits per heavy atom. The van der Waals surface area contributed by atoms with Gasteiger partial charge in [-0.15, -0.1) is 36.3 Å². The van der Waals surface area contributed by atoms with E-state index < -0.39 is 18.0 Å². The number of carbonyl (C=O) groups excluding carboxylic acids is 1. The lowest BCUT2D eigenvalue weighted by Crippen LogP contribution is -2.20. The van der Waals surface area contributed by atoms with Gasteiger partial charge in [-0.1, -0.05) is 12.1 Å². The molecule has 6 nitrogen and oxygen atoms in total. The highest BCUT2D eigenvalue weighted by atomic mass is 32.2. The van der Waals surface area contributed by atoms with E-state index in [9.17, 15) is 22.8 Å². The van der Waals surface area contributed by atoms with Crippen LogP contribution in [0.15, 0.2) is 46.7 Å². The van der Waals surface area contributed by atoms with Gasteiger partial charge in [0.15, 0.2) is 10.7 Å². The number of ether oxygens (including phenoxy) is 1. The Hall–Kier alpha value is -2.53. The molecule has 0 bridgehead atoms. The van der Waals surface area contributed by atoms with Gasteiger partial charge in [0.05, 0.1) is 17.1 Å². The summed E-state index contributed by atoms with van der Waals surface area (Å²) in [6.07, 6.45) is -3.23. The molecule has 0 aliphatic rings. The SMILES string of the molecule is O=C(CSCc1cc(=O)n2ccsc2n1)Nc1ccccc1OC(F)(F)F. The lowest BCUT2D eigenvalue weighted by atomic mass is 10.3. The molecule has 142 valence electrons. The fraction of sp³-hybridized carbons (Fsp3) is 0.188. The monoisotopic (exact) mass is 415 g/mol. The highest BCUT2D eigenvalue weighted by molar-refractivity contribution is 7.99. The molecule has 11 heteroatoms. The molecule has 3 rings (SSSR count). The van der Waals surface area contributed by atoms with E-state index >= 15 is 0 Å². The van der Waals surface area contributed by atoms with Crippen molar-refractivity contribution >= 4 is 39.7 Å². The Kier molecular flexibility index (Phi) is 5.71. The van der Waals surface area contributed by atoms with Gasteiger partial charge in [0, 0.05) is 23.4 Å². The molecule has 0 aliphatic heterocycles. The first-order valence-electron chi connectivity index (χ1n) is 7.50. The highest BCUT2D eigenvalue weighted by Gasteiger charge is 2.32. The van der Waals surface area contributed by atoms with Crippen LogP contribution in [-0.4, -0.2) is 27.4 Å². The first-order valence-corrected chi connectivity index (χ1v) is 9.53. The molecule has 1 aromatic carbocycles. The number of benzene rings is 1. The standard InChI is InChI=1S/C16H12F3N3O3S2/c17-16(18,19)25-12-4-2-1-3-11(12)21-13(23)9-26-8-10-7-14(24)22-5-6-27-15(22)20-10/h1-7H,8-9H2,(H,21,23). The fourth-order valence-electron chi connectivity index (χ4n) is 2.18. The summed E-state index contributed by atoms with van der Waals surface area (Å²) in [5, 5.41) is 4.13. The van der Waals surface area contributed by atoms with Gasteiger partial charge in [-0.3, -0.25) is 14.0 Å². The van der Waals surface area contributed by atoms with Crippen LogP contribution in [0.3, 0.4) is 0 Å². The average molecular weight is 415 g/mol. The Morgan fingerprint density at radius 2 is 2.11 bits per heavy atom. The molecule has 0 atom stereocenters. The minimum atomic E-state index is -4.85. The third kappa shape index (κ3) is 5.23. The second-order valence-corrected chi connectivity index (χ2v) is 7.08. The van der Waals surface area contributed by atoms with Crippen LogP contribution in [0.4, 0.5) is 18.9 Å². The van der Waals surface area contributed by atoms with Crippen molar-refractivity contribution in [3.05, 3.63) is 58.0 Å². The van der Waals surface area contributed by atoms with E-state index in [1.54, 1.807) is 11.6 Å². The average Bonchev–Trinajstić information content (AvgIpc) is 3.04. The molecule has 2 aromatic heterocycles. The van der Waals surface area contributed by atoms with Gasteiger partial charge in [0.25, 0.3) is 5.56 Å². The summed E-state index contributed by atoms with van der Waals surface area (Å²) in [7, 11) is 0. The highest BCUT2D eigenvalue weighted by Crippen LogP contribution is 2.30. The van der Waals surface area contributed by atoms with E-state index in [0.717, 1.165) is 6.07 Å². The van der Waals surface area contributed by atoms with E-state index in [2.05, 4.69) is 15.0 Å². The summed E-state index contributed by atoms with van der Waals surface area (Å²) in [6, 6.07) is 6.67. The Labute approximate surface area is 159 Å². The Balaban J connectivity index is 1.58. The number of aromatic nitrogens is 2. The molecule has 27 heavy (non-hydrogen) atoms. The van der Waals surface area contributed by atoms with Gasteiger partial charge in [0.2, 0.25) is 5.91 Å². The Bertz CT molecular complexity index is 1020. The third-order valence-corrected chi connectivity index (χ3v) is 4.95. The predicted molar refractivity (Wildman–Crippen MR) is 97.3 cm³/mol. The number of rotatable bonds is 6. The maximum absolute atomic E-state index is 12.4. The number of fused-ring (bicyclic) bond motifs is 1. The smallest absolute Gasteiger partial charge is 0.404 e. The number of hydrogen-bond donors (Lipinski definition) is 1. The minimum absolute atomic E-state index is 0.0220. The van der Waals surface area contributed by atoms with Crippen LogP contribution in [0.5, 0.6) is 5.75 Å². The summed E-state index contributed by atoms with van der Waals surface area (Å²) in [5.74, 6) is -0.683. The van der Waals surface area contributed by atoms with Crippen molar-refractivity contribution in [2.45, 2.75) is 12.1 Å². The number of nitrogens with one attached hydrogen (secondary N) is 1. The van der Waals surface area contributed by atoms with E-state index in [4.69, 9.17) is 0 Å². The molecule has 2 heterocycles. The largest absolute Gasteiger partial charge is 0.573 e. The van der Waals surface area contributed by atoms with E-state index in [1.807, 2.05) is 0 Å². The molecular weight excluding hydrogens is 403 g/mol. The predicted octanol–water partition coefficient (Wildman–Crippen LogP) is 3.53. The number of thiazole rings is 1. The van der Waals surface area contributed by atoms with Crippen molar-refractivity contribution < 1.29 is 22.7 Å². The second-order valence-electron chi connectivity index (χ2n) is 5.23. The van der Waals surface area contributed by atoms with Crippen LogP contribution in [0.2, 0.25) is 0 Å². The maximum atomic E-state index is 12.4. The quantitative estimate of drug-likeness (QED) is 0.667. The maximum Gasteiger partial charge on any atom is 0.573 e. The van der Waals surface area contributed by atoms with Crippen LogP contribution in [0.1, 0.15) is 5.69 Å². The number of amides is 1. The molecule has 1 N–H and O–H groups in total. The summed E-state index contributed by atoms with van der Waals surface area (Å²) in [5.41, 5.74) is 0.248. The van der Waals surface area contributed by atoms with Gasteiger partial charge in [-0.2, -0.15) is 0 Å². The normalized spacial score (nSPS) is 11.5. The van der Waals surface area contributed by atoms with Gasteiger partial charge >= 0.3 is 6.36 Å². The summed E-state index contributed by atoms with van der Waals surface area (Å²) in [6.45, 7) is 0. The number of para-hydroxylation sites is 2. The first-order chi connectivity index (χ1) is 12.8. The molecule has 3 aromatic rings. The van der Waals surface area contributed by atoms with Gasteiger partial charge < -0.3 is 10.1 Å². The van der Waals surface area contributed by atoms with Crippen molar-refractivity contribution in [2.75, 3.05) is 11.1 Å². The fourth-order valence-corrected chi connectivity index (χ4v) is 3.64. The summed E-state index contributed by atoms with van der Waals surface area (Å²) >= 11 is 2.51. The van der Waals surface area contributed by atoms with E-state index in [1.165, 1.54) is 51.8 Å². The molecule has 1 amide bonds. The first kappa shape index (κ1) is 19.2. The zero-order chi connectivity index (χ0) is 19.4. The van der Waals surface area contributed by atoms with Gasteiger partial charge in [0.1, 0.15) is 0 Å². The number of halogens is 3. The second kappa shape index (κ2) is 8.01. The van der Waals surface area contributed by atoms with E-state index in [0.29, 0.717) is 16.4 Å². The lowest BCUT2D eigenvalue weighted by Gasteiger charge is -2.13. The Morgan fingerprint density at radius 1 is 1.33 bits per heavy atom. The molecule has 0 spiro atoms. The van der Waals surface area contributed by atoms with Crippen LogP contribution < -0.4 is 15.6 Å². The number of carbonyl (C=O) groups is 1. The third-order valence-electron chi connectivity index (χ3n) is 3.23. The lowest BCUT2D eigenvalue weighted by molar-refractivity contribution is -0.274. The topological polar surface area (TPSA) is 72.7 Å². The molecule has 0 fully saturated rings. The molecule has 0 saturated heterocycles. The van der Waals surface area contributed by atoms with Gasteiger partial charge in [-0.05, 0) is 12.1 Å².